The van der Waals surface area contributed by atoms with Gasteiger partial charge in [-0.3, -0.25) is 4.98 Å². The van der Waals surface area contributed by atoms with E-state index < -0.39 is 0 Å². The van der Waals surface area contributed by atoms with Crippen molar-refractivity contribution in [1.82, 2.24) is 10.3 Å². The molecule has 2 heteroatoms. The molecule has 0 aromatic carbocycles. The average Bonchev–Trinajstić information content (AvgIpc) is 2.27. The van der Waals surface area contributed by atoms with Crippen LogP contribution in [0, 0.1) is 11.3 Å². The average molecular weight is 262 g/mol. The van der Waals surface area contributed by atoms with Gasteiger partial charge >= 0.3 is 0 Å². The minimum atomic E-state index is 0.421. The van der Waals surface area contributed by atoms with Crippen LogP contribution in [-0.2, 0) is 6.42 Å². The van der Waals surface area contributed by atoms with E-state index in [1.165, 1.54) is 18.4 Å². The third-order valence-electron chi connectivity index (χ3n) is 3.35. The molecule has 19 heavy (non-hydrogen) atoms. The summed E-state index contributed by atoms with van der Waals surface area (Å²) in [6.07, 6.45) is 7.42. The van der Waals surface area contributed by atoms with Gasteiger partial charge in [-0.05, 0) is 48.8 Å². The fourth-order valence-electron chi connectivity index (χ4n) is 2.95. The number of nitrogens with zero attached hydrogens (tertiary/aromatic N) is 1. The van der Waals surface area contributed by atoms with Crippen molar-refractivity contribution in [1.29, 1.82) is 0 Å². The van der Waals surface area contributed by atoms with Crippen LogP contribution in [0.1, 0.15) is 53.0 Å². The fourth-order valence-corrected chi connectivity index (χ4v) is 2.95. The minimum Gasteiger partial charge on any atom is -0.314 e. The quantitative estimate of drug-likeness (QED) is 0.801. The van der Waals surface area contributed by atoms with Crippen LogP contribution in [0.4, 0.5) is 0 Å². The fraction of sp³-hybridized carbons (Fsp3) is 0.706. The number of nitrogens with one attached hydrogen (secondary N) is 1. The van der Waals surface area contributed by atoms with E-state index >= 15 is 0 Å². The van der Waals surface area contributed by atoms with Gasteiger partial charge < -0.3 is 5.32 Å². The molecule has 1 rings (SSSR count). The molecular formula is C17H30N2. The lowest BCUT2D eigenvalue weighted by Gasteiger charge is -2.27. The van der Waals surface area contributed by atoms with Gasteiger partial charge in [0.25, 0.3) is 0 Å². The topological polar surface area (TPSA) is 24.9 Å². The van der Waals surface area contributed by atoms with Gasteiger partial charge in [0.05, 0.1) is 0 Å². The van der Waals surface area contributed by atoms with Gasteiger partial charge in [-0.25, -0.2) is 0 Å². The second kappa shape index (κ2) is 7.64. The van der Waals surface area contributed by atoms with Crippen molar-refractivity contribution >= 4 is 0 Å². The summed E-state index contributed by atoms with van der Waals surface area (Å²) in [5, 5.41) is 3.62. The monoisotopic (exact) mass is 262 g/mol. The first-order chi connectivity index (χ1) is 8.90. The van der Waals surface area contributed by atoms with Crippen molar-refractivity contribution < 1.29 is 0 Å². The number of pyridine rings is 1. The van der Waals surface area contributed by atoms with Gasteiger partial charge in [-0.1, -0.05) is 40.7 Å². The minimum absolute atomic E-state index is 0.421. The predicted octanol–water partition coefficient (Wildman–Crippen LogP) is 4.06. The number of hydrogen-bond donors (Lipinski definition) is 1. The first kappa shape index (κ1) is 16.2. The molecule has 0 radical (unpaired) electrons. The zero-order valence-electron chi connectivity index (χ0n) is 13.2. The number of rotatable bonds is 7. The van der Waals surface area contributed by atoms with Gasteiger partial charge in [-0.2, -0.15) is 0 Å². The van der Waals surface area contributed by atoms with E-state index in [1.54, 1.807) is 0 Å². The van der Waals surface area contributed by atoms with E-state index in [-0.39, 0.29) is 0 Å². The Hall–Kier alpha value is -0.890. The summed E-state index contributed by atoms with van der Waals surface area (Å²) in [5.74, 6) is 0.751. The zero-order chi connectivity index (χ0) is 14.3. The Balaban J connectivity index is 2.53. The summed E-state index contributed by atoms with van der Waals surface area (Å²) in [4.78, 5) is 4.21. The lowest BCUT2D eigenvalue weighted by Crippen LogP contribution is -2.33. The molecule has 0 saturated heterocycles. The van der Waals surface area contributed by atoms with Crippen LogP contribution in [0.3, 0.4) is 0 Å². The highest BCUT2D eigenvalue weighted by atomic mass is 14.9. The third kappa shape index (κ3) is 7.31. The van der Waals surface area contributed by atoms with Crippen LogP contribution < -0.4 is 5.32 Å². The van der Waals surface area contributed by atoms with Crippen LogP contribution in [-0.4, -0.2) is 17.6 Å². The number of aromatic nitrogens is 1. The zero-order valence-corrected chi connectivity index (χ0v) is 13.2. The normalized spacial score (nSPS) is 15.2. The molecule has 1 N–H and O–H groups in total. The van der Waals surface area contributed by atoms with Crippen LogP contribution >= 0.6 is 0 Å². The highest BCUT2D eigenvalue weighted by molar-refractivity contribution is 5.10. The molecule has 0 aliphatic heterocycles. The van der Waals surface area contributed by atoms with Crippen molar-refractivity contribution in [3.8, 4) is 0 Å². The molecule has 108 valence electrons. The van der Waals surface area contributed by atoms with Crippen molar-refractivity contribution in [3.63, 3.8) is 0 Å². The van der Waals surface area contributed by atoms with Gasteiger partial charge in [0.2, 0.25) is 0 Å². The SMILES string of the molecule is CCNC(Cc1cccnc1)CC(C)CC(C)(C)C. The van der Waals surface area contributed by atoms with Crippen molar-refractivity contribution in [2.24, 2.45) is 11.3 Å². The molecule has 2 nitrogen and oxygen atoms in total. The van der Waals surface area contributed by atoms with Gasteiger partial charge in [0, 0.05) is 18.4 Å². The van der Waals surface area contributed by atoms with E-state index in [0.717, 1.165) is 18.9 Å². The van der Waals surface area contributed by atoms with E-state index in [9.17, 15) is 0 Å². The standard InChI is InChI=1S/C17H30N2/c1-6-19-16(10-14(2)12-17(3,4)5)11-15-8-7-9-18-13-15/h7-9,13-14,16,19H,6,10-12H2,1-5H3. The molecule has 2 unspecified atom stereocenters. The molecule has 0 bridgehead atoms. The molecule has 0 spiro atoms. The first-order valence-electron chi connectivity index (χ1n) is 7.53. The maximum Gasteiger partial charge on any atom is 0.0300 e. The highest BCUT2D eigenvalue weighted by Crippen LogP contribution is 2.27. The summed E-state index contributed by atoms with van der Waals surface area (Å²) in [7, 11) is 0. The van der Waals surface area contributed by atoms with E-state index in [2.05, 4.69) is 51.0 Å². The van der Waals surface area contributed by atoms with Crippen LogP contribution in [0.5, 0.6) is 0 Å². The largest absolute Gasteiger partial charge is 0.314 e. The Kier molecular flexibility index (Phi) is 6.50. The third-order valence-corrected chi connectivity index (χ3v) is 3.35. The van der Waals surface area contributed by atoms with Crippen molar-refractivity contribution in [2.75, 3.05) is 6.54 Å². The Labute approximate surface area is 119 Å². The molecule has 0 saturated carbocycles. The molecule has 1 aromatic heterocycles. The van der Waals surface area contributed by atoms with Crippen molar-refractivity contribution in [2.45, 2.75) is 59.9 Å². The smallest absolute Gasteiger partial charge is 0.0300 e. The van der Waals surface area contributed by atoms with E-state index in [1.807, 2.05) is 18.5 Å². The van der Waals surface area contributed by atoms with Gasteiger partial charge in [0.1, 0.15) is 0 Å². The summed E-state index contributed by atoms with van der Waals surface area (Å²) in [6.45, 7) is 12.6. The first-order valence-corrected chi connectivity index (χ1v) is 7.53. The maximum atomic E-state index is 4.21. The lowest BCUT2D eigenvalue weighted by molar-refractivity contribution is 0.275. The summed E-state index contributed by atoms with van der Waals surface area (Å²) < 4.78 is 0. The second-order valence-corrected chi connectivity index (χ2v) is 6.93. The molecule has 1 heterocycles. The van der Waals surface area contributed by atoms with Gasteiger partial charge in [-0.15, -0.1) is 0 Å². The summed E-state index contributed by atoms with van der Waals surface area (Å²) >= 11 is 0. The molecular weight excluding hydrogens is 232 g/mol. The Morgan fingerprint density at radius 3 is 2.58 bits per heavy atom. The predicted molar refractivity (Wildman–Crippen MR) is 83.3 cm³/mol. The molecule has 1 aromatic rings. The van der Waals surface area contributed by atoms with Crippen LogP contribution in [0.2, 0.25) is 0 Å². The molecule has 0 fully saturated rings. The Bertz CT molecular complexity index is 340. The molecule has 2 atom stereocenters. The summed E-state index contributed by atoms with van der Waals surface area (Å²) in [6, 6.07) is 4.76. The lowest BCUT2D eigenvalue weighted by atomic mass is 9.82. The van der Waals surface area contributed by atoms with Crippen LogP contribution in [0.25, 0.3) is 0 Å². The molecule has 0 aliphatic rings. The Morgan fingerprint density at radius 1 is 1.32 bits per heavy atom. The number of likely N-dealkylation sites (N-methyl/N-ethyl adjacent to an activating group) is 1. The Morgan fingerprint density at radius 2 is 2.05 bits per heavy atom. The second-order valence-electron chi connectivity index (χ2n) is 6.93. The van der Waals surface area contributed by atoms with Crippen molar-refractivity contribution in [3.05, 3.63) is 30.1 Å². The maximum absolute atomic E-state index is 4.21. The van der Waals surface area contributed by atoms with Gasteiger partial charge in [0.15, 0.2) is 0 Å². The van der Waals surface area contributed by atoms with E-state index in [0.29, 0.717) is 11.5 Å². The molecule has 0 aliphatic carbocycles. The number of hydrogen-bond acceptors (Lipinski definition) is 2. The highest BCUT2D eigenvalue weighted by Gasteiger charge is 2.19. The van der Waals surface area contributed by atoms with Crippen LogP contribution in [0.15, 0.2) is 24.5 Å². The molecule has 0 amide bonds. The summed E-state index contributed by atoms with van der Waals surface area (Å²) in [5.41, 5.74) is 1.75. The van der Waals surface area contributed by atoms with E-state index in [4.69, 9.17) is 0 Å².